The van der Waals surface area contributed by atoms with Crippen molar-refractivity contribution in [2.75, 3.05) is 0 Å². The molecule has 2 aromatic rings. The zero-order valence-electron chi connectivity index (χ0n) is 12.8. The quantitative estimate of drug-likeness (QED) is 0.615. The molecule has 0 unspecified atom stereocenters. The maximum absolute atomic E-state index is 4.61. The smallest absolute Gasteiger partial charge is 0.0908 e. The summed E-state index contributed by atoms with van der Waals surface area (Å²) < 4.78 is 1.24. The van der Waals surface area contributed by atoms with Crippen molar-refractivity contribution in [2.24, 2.45) is 0 Å². The SMILES string of the molecule is C=C/C=C(\C=C/C)c1cccc2sc(C)nc12.CCC. The highest BCUT2D eigenvalue weighted by atomic mass is 32.1. The zero-order valence-corrected chi connectivity index (χ0v) is 13.6. The Bertz CT molecular complexity index is 617. The molecule has 0 aliphatic heterocycles. The normalized spacial score (nSPS) is 11.5. The first-order valence-corrected chi connectivity index (χ1v) is 7.81. The lowest BCUT2D eigenvalue weighted by molar-refractivity contribution is 1.09. The van der Waals surface area contributed by atoms with Gasteiger partial charge >= 0.3 is 0 Å². The average molecular weight is 285 g/mol. The van der Waals surface area contributed by atoms with Gasteiger partial charge in [0, 0.05) is 5.56 Å². The van der Waals surface area contributed by atoms with Gasteiger partial charge in [-0.25, -0.2) is 4.98 Å². The Hall–Kier alpha value is -1.67. The third kappa shape index (κ3) is 4.17. The lowest BCUT2D eigenvalue weighted by Crippen LogP contribution is -1.83. The van der Waals surface area contributed by atoms with Crippen molar-refractivity contribution in [3.05, 3.63) is 59.7 Å². The Labute approximate surface area is 126 Å². The van der Waals surface area contributed by atoms with Crippen LogP contribution in [0.5, 0.6) is 0 Å². The van der Waals surface area contributed by atoms with Crippen LogP contribution in [-0.4, -0.2) is 4.98 Å². The molecule has 0 aliphatic rings. The monoisotopic (exact) mass is 285 g/mol. The van der Waals surface area contributed by atoms with Gasteiger partial charge in [0.05, 0.1) is 15.2 Å². The summed E-state index contributed by atoms with van der Waals surface area (Å²) in [6.45, 7) is 12.1. The molecule has 1 heterocycles. The molecule has 106 valence electrons. The number of aryl methyl sites for hydroxylation is 1. The Kier molecular flexibility index (Phi) is 6.96. The van der Waals surface area contributed by atoms with E-state index in [1.165, 1.54) is 16.7 Å². The molecule has 0 spiro atoms. The standard InChI is InChI=1S/C15H15NS.C3H8/c1-4-7-12(8-5-2)13-9-6-10-14-15(13)16-11(3)17-14;1-3-2/h4-10H,1H2,2-3H3;3H2,1-2H3/b8-5-,12-7+;. The van der Waals surface area contributed by atoms with Crippen LogP contribution in [0.2, 0.25) is 0 Å². The molecule has 2 heteroatoms. The van der Waals surface area contributed by atoms with Gasteiger partial charge in [0.25, 0.3) is 0 Å². The van der Waals surface area contributed by atoms with E-state index in [-0.39, 0.29) is 0 Å². The van der Waals surface area contributed by atoms with Gasteiger partial charge in [0.15, 0.2) is 0 Å². The van der Waals surface area contributed by atoms with Crippen molar-refractivity contribution < 1.29 is 0 Å². The van der Waals surface area contributed by atoms with Crippen LogP contribution in [0.15, 0.2) is 49.1 Å². The second-order valence-corrected chi connectivity index (χ2v) is 5.68. The molecule has 0 N–H and O–H groups in total. The fourth-order valence-electron chi connectivity index (χ4n) is 1.83. The van der Waals surface area contributed by atoms with Crippen molar-refractivity contribution in [2.45, 2.75) is 34.1 Å². The molecule has 0 aliphatic carbocycles. The van der Waals surface area contributed by atoms with E-state index in [2.05, 4.69) is 49.7 Å². The number of allylic oxidation sites excluding steroid dienone is 5. The predicted molar refractivity (Wildman–Crippen MR) is 93.3 cm³/mol. The van der Waals surface area contributed by atoms with Gasteiger partial charge in [-0.3, -0.25) is 0 Å². The van der Waals surface area contributed by atoms with Gasteiger partial charge < -0.3 is 0 Å². The second-order valence-electron chi connectivity index (χ2n) is 4.45. The lowest BCUT2D eigenvalue weighted by atomic mass is 10.0. The van der Waals surface area contributed by atoms with Gasteiger partial charge in [0.2, 0.25) is 0 Å². The minimum absolute atomic E-state index is 1.08. The summed E-state index contributed by atoms with van der Waals surface area (Å²) >= 11 is 1.73. The van der Waals surface area contributed by atoms with Crippen molar-refractivity contribution in [1.82, 2.24) is 4.98 Å². The molecule has 0 radical (unpaired) electrons. The fraction of sp³-hybridized carbons (Fsp3) is 0.278. The molecule has 2 rings (SSSR count). The van der Waals surface area contributed by atoms with Crippen molar-refractivity contribution >= 4 is 27.1 Å². The summed E-state index contributed by atoms with van der Waals surface area (Å²) in [5, 5.41) is 1.10. The number of hydrogen-bond donors (Lipinski definition) is 0. The van der Waals surface area contributed by atoms with E-state index in [9.17, 15) is 0 Å². The molecule has 0 fully saturated rings. The van der Waals surface area contributed by atoms with Crippen molar-refractivity contribution in [3.63, 3.8) is 0 Å². The summed E-state index contributed by atoms with van der Waals surface area (Å²) in [7, 11) is 0. The Morgan fingerprint density at radius 1 is 1.35 bits per heavy atom. The molecule has 0 atom stereocenters. The minimum Gasteiger partial charge on any atom is -0.241 e. The number of nitrogens with zero attached hydrogens (tertiary/aromatic N) is 1. The van der Waals surface area contributed by atoms with E-state index in [4.69, 9.17) is 0 Å². The van der Waals surface area contributed by atoms with Crippen molar-refractivity contribution in [3.8, 4) is 0 Å². The average Bonchev–Trinajstić information content (AvgIpc) is 2.79. The third-order valence-electron chi connectivity index (χ3n) is 2.48. The number of hydrogen-bond acceptors (Lipinski definition) is 2. The van der Waals surface area contributed by atoms with Crippen LogP contribution in [0.25, 0.3) is 15.8 Å². The summed E-state index contributed by atoms with van der Waals surface area (Å²) in [5.41, 5.74) is 3.41. The molecule has 1 aromatic heterocycles. The molecule has 0 amide bonds. The Morgan fingerprint density at radius 3 is 2.65 bits per heavy atom. The second kappa shape index (κ2) is 8.49. The fourth-order valence-corrected chi connectivity index (χ4v) is 2.69. The van der Waals surface area contributed by atoms with Crippen LogP contribution in [0.3, 0.4) is 0 Å². The highest BCUT2D eigenvalue weighted by Crippen LogP contribution is 2.29. The van der Waals surface area contributed by atoms with Gasteiger partial charge in [-0.15, -0.1) is 11.3 Å². The van der Waals surface area contributed by atoms with E-state index in [1.807, 2.05) is 32.1 Å². The molecule has 0 saturated heterocycles. The highest BCUT2D eigenvalue weighted by Gasteiger charge is 2.07. The van der Waals surface area contributed by atoms with E-state index in [0.717, 1.165) is 16.1 Å². The molecular formula is C18H23NS. The lowest BCUT2D eigenvalue weighted by Gasteiger charge is -2.02. The molecule has 20 heavy (non-hydrogen) atoms. The van der Waals surface area contributed by atoms with E-state index < -0.39 is 0 Å². The predicted octanol–water partition coefficient (Wildman–Crippen LogP) is 6.17. The summed E-state index contributed by atoms with van der Waals surface area (Å²) in [5.74, 6) is 0. The van der Waals surface area contributed by atoms with Gasteiger partial charge in [-0.2, -0.15) is 0 Å². The molecule has 0 bridgehead atoms. The molecular weight excluding hydrogens is 262 g/mol. The van der Waals surface area contributed by atoms with Crippen LogP contribution in [0.1, 0.15) is 37.8 Å². The first kappa shape index (κ1) is 16.4. The number of rotatable bonds is 3. The number of fused-ring (bicyclic) bond motifs is 1. The van der Waals surface area contributed by atoms with E-state index in [0.29, 0.717) is 0 Å². The summed E-state index contributed by atoms with van der Waals surface area (Å²) in [6.07, 6.45) is 9.20. The number of para-hydroxylation sites is 1. The Morgan fingerprint density at radius 2 is 2.05 bits per heavy atom. The number of aromatic nitrogens is 1. The van der Waals surface area contributed by atoms with Crippen molar-refractivity contribution in [1.29, 1.82) is 0 Å². The molecule has 0 saturated carbocycles. The van der Waals surface area contributed by atoms with Gasteiger partial charge in [0.1, 0.15) is 0 Å². The van der Waals surface area contributed by atoms with Crippen LogP contribution in [0, 0.1) is 6.92 Å². The van der Waals surface area contributed by atoms with E-state index >= 15 is 0 Å². The Balaban J connectivity index is 0.000000612. The molecule has 1 nitrogen and oxygen atoms in total. The first-order chi connectivity index (χ1) is 9.67. The largest absolute Gasteiger partial charge is 0.241 e. The number of benzene rings is 1. The molecule has 1 aromatic carbocycles. The van der Waals surface area contributed by atoms with Crippen LogP contribution in [-0.2, 0) is 0 Å². The number of thiazole rings is 1. The van der Waals surface area contributed by atoms with Crippen LogP contribution >= 0.6 is 11.3 Å². The first-order valence-electron chi connectivity index (χ1n) is 6.99. The van der Waals surface area contributed by atoms with Crippen LogP contribution < -0.4 is 0 Å². The summed E-state index contributed by atoms with van der Waals surface area (Å²) in [6, 6.07) is 6.30. The minimum atomic E-state index is 1.08. The van der Waals surface area contributed by atoms with E-state index in [1.54, 1.807) is 11.3 Å². The topological polar surface area (TPSA) is 12.9 Å². The third-order valence-corrected chi connectivity index (χ3v) is 3.42. The van der Waals surface area contributed by atoms with Gasteiger partial charge in [-0.1, -0.05) is 63.3 Å². The maximum atomic E-state index is 4.61. The zero-order chi connectivity index (χ0) is 15.0. The maximum Gasteiger partial charge on any atom is 0.0908 e. The summed E-state index contributed by atoms with van der Waals surface area (Å²) in [4.78, 5) is 4.61. The van der Waals surface area contributed by atoms with Gasteiger partial charge in [-0.05, 0) is 25.5 Å². The highest BCUT2D eigenvalue weighted by molar-refractivity contribution is 7.18. The van der Waals surface area contributed by atoms with Crippen LogP contribution in [0.4, 0.5) is 0 Å².